The summed E-state index contributed by atoms with van der Waals surface area (Å²) in [6.45, 7) is 1.79. The van der Waals surface area contributed by atoms with Gasteiger partial charge in [0.2, 0.25) is 5.91 Å². The van der Waals surface area contributed by atoms with E-state index in [2.05, 4.69) is 5.32 Å². The van der Waals surface area contributed by atoms with Gasteiger partial charge in [0.25, 0.3) is 0 Å². The molecule has 0 unspecified atom stereocenters. The first-order chi connectivity index (χ1) is 8.13. The lowest BCUT2D eigenvalue weighted by Gasteiger charge is -2.10. The van der Waals surface area contributed by atoms with Crippen molar-refractivity contribution in [3.63, 3.8) is 0 Å². The number of nitrogens with one attached hydrogen (secondary N) is 1. The van der Waals surface area contributed by atoms with Crippen molar-refractivity contribution in [3.8, 4) is 11.8 Å². The number of phenolic OH excluding ortho intramolecular Hbond substituents is 1. The van der Waals surface area contributed by atoms with Crippen LogP contribution in [0.5, 0.6) is 5.75 Å². The van der Waals surface area contributed by atoms with Gasteiger partial charge in [-0.3, -0.25) is 4.79 Å². The molecule has 0 radical (unpaired) electrons. The molecule has 0 aliphatic rings. The van der Waals surface area contributed by atoms with Crippen molar-refractivity contribution in [3.05, 3.63) is 29.8 Å². The summed E-state index contributed by atoms with van der Waals surface area (Å²) < 4.78 is 0. The lowest BCUT2D eigenvalue weighted by molar-refractivity contribution is -0.121. The van der Waals surface area contributed by atoms with Crippen LogP contribution in [0.2, 0.25) is 0 Å². The third-order valence-electron chi connectivity index (χ3n) is 2.42. The summed E-state index contributed by atoms with van der Waals surface area (Å²) in [6, 6.07) is 8.84. The molecule has 1 amide bonds. The molecule has 2 N–H and O–H groups in total. The van der Waals surface area contributed by atoms with Crippen LogP contribution < -0.4 is 5.32 Å². The number of benzene rings is 1. The predicted molar refractivity (Wildman–Crippen MR) is 64.3 cm³/mol. The van der Waals surface area contributed by atoms with E-state index in [0.717, 1.165) is 5.56 Å². The highest BCUT2D eigenvalue weighted by Gasteiger charge is 2.08. The molecule has 4 heteroatoms. The van der Waals surface area contributed by atoms with Gasteiger partial charge < -0.3 is 10.4 Å². The fourth-order valence-electron chi connectivity index (χ4n) is 1.51. The number of rotatable bonds is 5. The molecule has 0 fully saturated rings. The van der Waals surface area contributed by atoms with Crippen molar-refractivity contribution in [1.29, 1.82) is 5.26 Å². The molecular formula is C13H16N2O2. The quantitative estimate of drug-likeness (QED) is 0.812. The lowest BCUT2D eigenvalue weighted by Crippen LogP contribution is -2.32. The van der Waals surface area contributed by atoms with Crippen LogP contribution in [0.3, 0.4) is 0 Å². The zero-order valence-corrected chi connectivity index (χ0v) is 9.81. The summed E-state index contributed by atoms with van der Waals surface area (Å²) >= 11 is 0. The SMILES string of the molecule is C[C@@H](CC#N)NC(=O)CCc1ccccc1O. The summed E-state index contributed by atoms with van der Waals surface area (Å²) in [5, 5.41) is 20.7. The Labute approximate surface area is 101 Å². The lowest BCUT2D eigenvalue weighted by atomic mass is 10.1. The molecule has 1 atom stereocenters. The smallest absolute Gasteiger partial charge is 0.220 e. The minimum atomic E-state index is -0.128. The molecule has 0 spiro atoms. The molecule has 0 aromatic heterocycles. The van der Waals surface area contributed by atoms with Crippen LogP contribution in [-0.2, 0) is 11.2 Å². The third-order valence-corrected chi connectivity index (χ3v) is 2.42. The molecule has 4 nitrogen and oxygen atoms in total. The van der Waals surface area contributed by atoms with Crippen LogP contribution >= 0.6 is 0 Å². The van der Waals surface area contributed by atoms with Gasteiger partial charge >= 0.3 is 0 Å². The van der Waals surface area contributed by atoms with Crippen LogP contribution in [0.1, 0.15) is 25.3 Å². The number of hydrogen-bond acceptors (Lipinski definition) is 3. The Balaban J connectivity index is 2.39. The van der Waals surface area contributed by atoms with Crippen molar-refractivity contribution in [2.75, 3.05) is 0 Å². The highest BCUT2D eigenvalue weighted by molar-refractivity contribution is 5.76. The van der Waals surface area contributed by atoms with Crippen molar-refractivity contribution in [2.24, 2.45) is 0 Å². The van der Waals surface area contributed by atoms with E-state index < -0.39 is 0 Å². The summed E-state index contributed by atoms with van der Waals surface area (Å²) in [4.78, 5) is 11.5. The summed E-state index contributed by atoms with van der Waals surface area (Å²) in [7, 11) is 0. The van der Waals surface area contributed by atoms with Gasteiger partial charge in [-0.15, -0.1) is 0 Å². The molecule has 1 rings (SSSR count). The topological polar surface area (TPSA) is 73.1 Å². The van der Waals surface area contributed by atoms with Gasteiger partial charge in [-0.25, -0.2) is 0 Å². The molecular weight excluding hydrogens is 216 g/mol. The van der Waals surface area contributed by atoms with Crippen molar-refractivity contribution in [2.45, 2.75) is 32.2 Å². The number of aryl methyl sites for hydroxylation is 1. The number of carbonyl (C=O) groups excluding carboxylic acids is 1. The Morgan fingerprint density at radius 3 is 2.88 bits per heavy atom. The number of phenols is 1. The van der Waals surface area contributed by atoms with Crippen molar-refractivity contribution in [1.82, 2.24) is 5.32 Å². The van der Waals surface area contributed by atoms with Gasteiger partial charge in [0.05, 0.1) is 12.5 Å². The molecule has 0 saturated carbocycles. The molecule has 1 aromatic rings. The van der Waals surface area contributed by atoms with Crippen LogP contribution in [-0.4, -0.2) is 17.1 Å². The highest BCUT2D eigenvalue weighted by atomic mass is 16.3. The number of nitriles is 1. The van der Waals surface area contributed by atoms with Crippen LogP contribution in [0.4, 0.5) is 0 Å². The minimum Gasteiger partial charge on any atom is -0.508 e. The monoisotopic (exact) mass is 232 g/mol. The Bertz CT molecular complexity index is 424. The second-order valence-corrected chi connectivity index (χ2v) is 3.96. The number of para-hydroxylation sites is 1. The van der Waals surface area contributed by atoms with E-state index in [1.54, 1.807) is 25.1 Å². The standard InChI is InChI=1S/C13H16N2O2/c1-10(8-9-14)15-13(17)7-6-11-4-2-3-5-12(11)16/h2-5,10,16H,6-8H2,1H3,(H,15,17)/t10-/m0/s1. The van der Waals surface area contributed by atoms with E-state index in [4.69, 9.17) is 5.26 Å². The van der Waals surface area contributed by atoms with E-state index in [9.17, 15) is 9.90 Å². The molecule has 0 aliphatic carbocycles. The maximum absolute atomic E-state index is 11.5. The van der Waals surface area contributed by atoms with Gasteiger partial charge in [0.15, 0.2) is 0 Å². The summed E-state index contributed by atoms with van der Waals surface area (Å²) in [6.07, 6.45) is 1.12. The zero-order valence-electron chi connectivity index (χ0n) is 9.81. The first-order valence-corrected chi connectivity index (χ1v) is 5.56. The Kier molecular flexibility index (Phi) is 5.02. The van der Waals surface area contributed by atoms with E-state index in [1.165, 1.54) is 0 Å². The first-order valence-electron chi connectivity index (χ1n) is 5.56. The van der Waals surface area contributed by atoms with Crippen LogP contribution in [0.25, 0.3) is 0 Å². The Morgan fingerprint density at radius 1 is 1.53 bits per heavy atom. The number of hydrogen-bond donors (Lipinski definition) is 2. The first kappa shape index (κ1) is 13.0. The van der Waals surface area contributed by atoms with Crippen LogP contribution in [0.15, 0.2) is 24.3 Å². The predicted octanol–water partition coefficient (Wildman–Crippen LogP) is 1.74. The molecule has 17 heavy (non-hydrogen) atoms. The second-order valence-electron chi connectivity index (χ2n) is 3.96. The van der Waals surface area contributed by atoms with Gasteiger partial charge in [0.1, 0.15) is 5.75 Å². The van der Waals surface area contributed by atoms with E-state index >= 15 is 0 Å². The Morgan fingerprint density at radius 2 is 2.24 bits per heavy atom. The van der Waals surface area contributed by atoms with E-state index in [0.29, 0.717) is 19.3 Å². The van der Waals surface area contributed by atoms with Gasteiger partial charge in [-0.05, 0) is 25.0 Å². The highest BCUT2D eigenvalue weighted by Crippen LogP contribution is 2.17. The molecule has 1 aromatic carbocycles. The van der Waals surface area contributed by atoms with E-state index in [1.807, 2.05) is 12.1 Å². The molecule has 0 bridgehead atoms. The summed E-state index contributed by atoms with van der Waals surface area (Å²) in [5.41, 5.74) is 0.760. The van der Waals surface area contributed by atoms with Gasteiger partial charge in [0, 0.05) is 12.5 Å². The average molecular weight is 232 g/mol. The number of carbonyl (C=O) groups is 1. The number of amides is 1. The average Bonchev–Trinajstić information content (AvgIpc) is 2.28. The molecule has 0 saturated heterocycles. The van der Waals surface area contributed by atoms with Crippen molar-refractivity contribution >= 4 is 5.91 Å². The summed E-state index contributed by atoms with van der Waals surface area (Å²) in [5.74, 6) is 0.112. The second kappa shape index (κ2) is 6.54. The fourth-order valence-corrected chi connectivity index (χ4v) is 1.51. The Hall–Kier alpha value is -2.02. The molecule has 0 heterocycles. The molecule has 90 valence electrons. The number of nitrogens with zero attached hydrogens (tertiary/aromatic N) is 1. The number of aromatic hydroxyl groups is 1. The third kappa shape index (κ3) is 4.56. The zero-order chi connectivity index (χ0) is 12.7. The fraction of sp³-hybridized carbons (Fsp3) is 0.385. The maximum atomic E-state index is 11.5. The van der Waals surface area contributed by atoms with Gasteiger partial charge in [-0.2, -0.15) is 5.26 Å². The molecule has 0 aliphatic heterocycles. The normalized spacial score (nSPS) is 11.5. The van der Waals surface area contributed by atoms with E-state index in [-0.39, 0.29) is 17.7 Å². The van der Waals surface area contributed by atoms with Crippen molar-refractivity contribution < 1.29 is 9.90 Å². The van der Waals surface area contributed by atoms with Crippen LogP contribution in [0, 0.1) is 11.3 Å². The van der Waals surface area contributed by atoms with Gasteiger partial charge in [-0.1, -0.05) is 18.2 Å². The minimum absolute atomic E-state index is 0.101. The largest absolute Gasteiger partial charge is 0.508 e. The maximum Gasteiger partial charge on any atom is 0.220 e.